The normalized spacial score (nSPS) is 12.7. The minimum Gasteiger partial charge on any atom is -0.405 e. The Bertz CT molecular complexity index is 1070. The number of ether oxygens (including phenoxy) is 1. The van der Waals surface area contributed by atoms with E-state index < -0.39 is 6.36 Å². The maximum Gasteiger partial charge on any atom is 0.573 e. The Hall–Kier alpha value is -3.49. The number of alkyl halides is 3. The summed E-state index contributed by atoms with van der Waals surface area (Å²) in [6, 6.07) is 15.0. The van der Waals surface area contributed by atoms with Gasteiger partial charge in [-0.3, -0.25) is 0 Å². The summed E-state index contributed by atoms with van der Waals surface area (Å²) >= 11 is 0. The number of hydrogen-bond donors (Lipinski definition) is 0. The van der Waals surface area contributed by atoms with Crippen LogP contribution in [0, 0.1) is 6.92 Å². The summed E-state index contributed by atoms with van der Waals surface area (Å²) in [7, 11) is 3.93. The monoisotopic (exact) mass is 429 g/mol. The standard InChI is InChI=1S/C22H22F3N5O/c1-14(16-9-11-17(12-10-16)30(3)4)28-29-21-13-19(26-15(2)27-21)18-7-5-6-8-20(18)31-22(23,24)25/h5-14H,1-4H3. The van der Waals surface area contributed by atoms with E-state index in [-0.39, 0.29) is 28.9 Å². The fourth-order valence-electron chi connectivity index (χ4n) is 2.90. The first kappa shape index (κ1) is 22.2. The molecule has 1 aromatic heterocycles. The van der Waals surface area contributed by atoms with Gasteiger partial charge in [0.25, 0.3) is 0 Å². The van der Waals surface area contributed by atoms with Gasteiger partial charge in [0.05, 0.1) is 11.7 Å². The zero-order valence-electron chi connectivity index (χ0n) is 17.6. The number of azo groups is 1. The average Bonchev–Trinajstić information content (AvgIpc) is 2.71. The largest absolute Gasteiger partial charge is 0.573 e. The summed E-state index contributed by atoms with van der Waals surface area (Å²) in [5, 5.41) is 8.50. The lowest BCUT2D eigenvalue weighted by Crippen LogP contribution is -2.17. The molecule has 0 radical (unpaired) electrons. The van der Waals surface area contributed by atoms with Gasteiger partial charge < -0.3 is 9.64 Å². The molecule has 0 saturated carbocycles. The smallest absolute Gasteiger partial charge is 0.405 e. The molecule has 3 aromatic rings. The van der Waals surface area contributed by atoms with Crippen LogP contribution in [0.3, 0.4) is 0 Å². The zero-order valence-corrected chi connectivity index (χ0v) is 17.6. The van der Waals surface area contributed by atoms with Crippen molar-refractivity contribution in [1.82, 2.24) is 9.97 Å². The minimum atomic E-state index is -4.81. The van der Waals surface area contributed by atoms with Crippen LogP contribution in [0.25, 0.3) is 11.3 Å². The zero-order chi connectivity index (χ0) is 22.6. The molecule has 0 N–H and O–H groups in total. The Morgan fingerprint density at radius 1 is 1.00 bits per heavy atom. The Labute approximate surface area is 178 Å². The number of halogens is 3. The molecule has 1 unspecified atom stereocenters. The summed E-state index contributed by atoms with van der Waals surface area (Å²) in [4.78, 5) is 10.5. The highest BCUT2D eigenvalue weighted by Gasteiger charge is 2.32. The molecule has 1 atom stereocenters. The molecule has 0 aliphatic rings. The van der Waals surface area contributed by atoms with Gasteiger partial charge in [-0.05, 0) is 43.7 Å². The number of aryl methyl sites for hydroxylation is 1. The first-order chi connectivity index (χ1) is 14.6. The molecular formula is C22H22F3N5O. The van der Waals surface area contributed by atoms with Crippen LogP contribution in [-0.4, -0.2) is 30.4 Å². The summed E-state index contributed by atoms with van der Waals surface area (Å²) in [6.07, 6.45) is -4.81. The van der Waals surface area contributed by atoms with Gasteiger partial charge in [-0.25, -0.2) is 9.97 Å². The molecule has 0 saturated heterocycles. The van der Waals surface area contributed by atoms with Gasteiger partial charge in [-0.15, -0.1) is 18.3 Å². The van der Waals surface area contributed by atoms with E-state index in [0.717, 1.165) is 11.3 Å². The quantitative estimate of drug-likeness (QED) is 0.434. The van der Waals surface area contributed by atoms with Crippen molar-refractivity contribution in [3.8, 4) is 17.0 Å². The van der Waals surface area contributed by atoms with Crippen molar-refractivity contribution in [2.75, 3.05) is 19.0 Å². The van der Waals surface area contributed by atoms with Crippen LogP contribution in [0.1, 0.15) is 24.4 Å². The van der Waals surface area contributed by atoms with Crippen LogP contribution in [-0.2, 0) is 0 Å². The number of nitrogens with zero attached hydrogens (tertiary/aromatic N) is 5. The van der Waals surface area contributed by atoms with Crippen LogP contribution < -0.4 is 9.64 Å². The summed E-state index contributed by atoms with van der Waals surface area (Å²) in [5.74, 6) is 0.266. The van der Waals surface area contributed by atoms with Crippen molar-refractivity contribution >= 4 is 11.5 Å². The highest BCUT2D eigenvalue weighted by atomic mass is 19.4. The van der Waals surface area contributed by atoms with E-state index in [4.69, 9.17) is 0 Å². The predicted octanol–water partition coefficient (Wildman–Crippen LogP) is 6.26. The first-order valence-electron chi connectivity index (χ1n) is 9.51. The summed E-state index contributed by atoms with van der Waals surface area (Å²) in [5.41, 5.74) is 2.51. The second kappa shape index (κ2) is 9.11. The molecule has 0 aliphatic carbocycles. The fraction of sp³-hybridized carbons (Fsp3) is 0.273. The molecule has 6 nitrogen and oxygen atoms in total. The SMILES string of the molecule is Cc1nc(N=NC(C)c2ccc(N(C)C)cc2)cc(-c2ccccc2OC(F)(F)F)n1. The summed E-state index contributed by atoms with van der Waals surface area (Å²) in [6.45, 7) is 3.54. The third-order valence-electron chi connectivity index (χ3n) is 4.44. The van der Waals surface area contributed by atoms with Crippen molar-refractivity contribution in [3.63, 3.8) is 0 Å². The topological polar surface area (TPSA) is 63.0 Å². The Balaban J connectivity index is 1.87. The minimum absolute atomic E-state index is 0.189. The molecule has 31 heavy (non-hydrogen) atoms. The van der Waals surface area contributed by atoms with E-state index in [1.54, 1.807) is 13.0 Å². The van der Waals surface area contributed by atoms with E-state index in [1.807, 2.05) is 50.2 Å². The van der Waals surface area contributed by atoms with E-state index in [2.05, 4.69) is 24.9 Å². The Morgan fingerprint density at radius 3 is 2.32 bits per heavy atom. The van der Waals surface area contributed by atoms with Gasteiger partial charge in [0.1, 0.15) is 11.6 Å². The van der Waals surface area contributed by atoms with E-state index in [1.165, 1.54) is 24.3 Å². The van der Waals surface area contributed by atoms with E-state index >= 15 is 0 Å². The third-order valence-corrected chi connectivity index (χ3v) is 4.44. The lowest BCUT2D eigenvalue weighted by atomic mass is 10.1. The lowest BCUT2D eigenvalue weighted by molar-refractivity contribution is -0.274. The molecule has 9 heteroatoms. The van der Waals surface area contributed by atoms with E-state index in [9.17, 15) is 13.2 Å². The van der Waals surface area contributed by atoms with Gasteiger partial charge in [0.2, 0.25) is 0 Å². The number of hydrogen-bond acceptors (Lipinski definition) is 6. The van der Waals surface area contributed by atoms with Gasteiger partial charge in [0.15, 0.2) is 5.82 Å². The Kier molecular flexibility index (Phi) is 6.53. The van der Waals surface area contributed by atoms with E-state index in [0.29, 0.717) is 5.82 Å². The van der Waals surface area contributed by atoms with Crippen LogP contribution in [0.4, 0.5) is 24.7 Å². The molecule has 0 amide bonds. The van der Waals surface area contributed by atoms with Crippen molar-refractivity contribution in [2.45, 2.75) is 26.3 Å². The molecule has 0 spiro atoms. The fourth-order valence-corrected chi connectivity index (χ4v) is 2.90. The van der Waals surface area contributed by atoms with Crippen LogP contribution in [0.2, 0.25) is 0 Å². The highest BCUT2D eigenvalue weighted by molar-refractivity contribution is 5.68. The molecular weight excluding hydrogens is 407 g/mol. The van der Waals surface area contributed by atoms with Crippen LogP contribution in [0.15, 0.2) is 64.8 Å². The molecule has 3 rings (SSSR count). The molecule has 0 aliphatic heterocycles. The number of para-hydroxylation sites is 1. The van der Waals surface area contributed by atoms with Crippen molar-refractivity contribution in [1.29, 1.82) is 0 Å². The number of benzene rings is 2. The molecule has 0 fully saturated rings. The maximum atomic E-state index is 12.7. The van der Waals surface area contributed by atoms with Gasteiger partial charge in [0, 0.05) is 31.4 Å². The van der Waals surface area contributed by atoms with Gasteiger partial charge in [-0.2, -0.15) is 5.11 Å². The van der Waals surface area contributed by atoms with Gasteiger partial charge in [-0.1, -0.05) is 24.3 Å². The number of rotatable bonds is 6. The Morgan fingerprint density at radius 2 is 1.68 bits per heavy atom. The molecule has 162 valence electrons. The first-order valence-corrected chi connectivity index (χ1v) is 9.51. The second-order valence-corrected chi connectivity index (χ2v) is 7.08. The number of aromatic nitrogens is 2. The van der Waals surface area contributed by atoms with Crippen LogP contribution in [0.5, 0.6) is 5.75 Å². The average molecular weight is 429 g/mol. The van der Waals surface area contributed by atoms with Crippen LogP contribution >= 0.6 is 0 Å². The summed E-state index contributed by atoms with van der Waals surface area (Å²) < 4.78 is 42.4. The predicted molar refractivity (Wildman–Crippen MR) is 113 cm³/mol. The van der Waals surface area contributed by atoms with Crippen molar-refractivity contribution in [2.24, 2.45) is 10.2 Å². The molecule has 2 aromatic carbocycles. The lowest BCUT2D eigenvalue weighted by Gasteiger charge is -2.14. The second-order valence-electron chi connectivity index (χ2n) is 7.08. The van der Waals surface area contributed by atoms with Gasteiger partial charge >= 0.3 is 6.36 Å². The number of anilines is 1. The molecule has 1 heterocycles. The maximum absolute atomic E-state index is 12.7. The molecule has 0 bridgehead atoms. The van der Waals surface area contributed by atoms with Crippen molar-refractivity contribution in [3.05, 3.63) is 66.0 Å². The third kappa shape index (κ3) is 6.00. The highest BCUT2D eigenvalue weighted by Crippen LogP contribution is 2.34. The van der Waals surface area contributed by atoms with Crippen molar-refractivity contribution < 1.29 is 17.9 Å².